The van der Waals surface area contributed by atoms with E-state index in [2.05, 4.69) is 24.2 Å². The molecule has 2 saturated heterocycles. The van der Waals surface area contributed by atoms with E-state index in [1.54, 1.807) is 0 Å². The molecule has 0 amide bonds. The van der Waals surface area contributed by atoms with Gasteiger partial charge in [-0.3, -0.25) is 0 Å². The number of rotatable bonds is 2. The van der Waals surface area contributed by atoms with Crippen molar-refractivity contribution in [3.63, 3.8) is 0 Å². The Labute approximate surface area is 113 Å². The standard InChI is InChI=1S/C16H30N2/c1-12-4-3-5-15(9-6-12)18(2)16-10-13-7-8-14(11-16)17-13/h12-17H,3-11H2,1-2H3. The van der Waals surface area contributed by atoms with Crippen LogP contribution in [0.5, 0.6) is 0 Å². The van der Waals surface area contributed by atoms with Crippen LogP contribution in [0.4, 0.5) is 0 Å². The highest BCUT2D eigenvalue weighted by atomic mass is 15.2. The van der Waals surface area contributed by atoms with Crippen LogP contribution in [-0.2, 0) is 0 Å². The van der Waals surface area contributed by atoms with Crippen molar-refractivity contribution in [3.8, 4) is 0 Å². The summed E-state index contributed by atoms with van der Waals surface area (Å²) in [6.45, 7) is 2.44. The summed E-state index contributed by atoms with van der Waals surface area (Å²) in [5.41, 5.74) is 0. The maximum Gasteiger partial charge on any atom is 0.0125 e. The Hall–Kier alpha value is -0.0800. The average Bonchev–Trinajstić information content (AvgIpc) is 2.59. The van der Waals surface area contributed by atoms with E-state index in [0.29, 0.717) is 0 Å². The van der Waals surface area contributed by atoms with Crippen molar-refractivity contribution in [2.45, 2.75) is 88.9 Å². The maximum atomic E-state index is 3.77. The SMILES string of the molecule is CC1CCCC(N(C)C2CC3CCC(C2)N3)CC1. The lowest BCUT2D eigenvalue weighted by Crippen LogP contribution is -2.49. The van der Waals surface area contributed by atoms with Crippen LogP contribution in [0, 0.1) is 5.92 Å². The van der Waals surface area contributed by atoms with E-state index in [0.717, 1.165) is 30.1 Å². The Kier molecular flexibility index (Phi) is 3.95. The molecule has 0 aromatic rings. The van der Waals surface area contributed by atoms with E-state index in [1.165, 1.54) is 57.8 Å². The van der Waals surface area contributed by atoms with Crippen molar-refractivity contribution in [1.82, 2.24) is 10.2 Å². The van der Waals surface area contributed by atoms with Crippen molar-refractivity contribution >= 4 is 0 Å². The van der Waals surface area contributed by atoms with E-state index >= 15 is 0 Å². The molecule has 4 atom stereocenters. The van der Waals surface area contributed by atoms with Crippen molar-refractivity contribution < 1.29 is 0 Å². The molecule has 1 saturated carbocycles. The van der Waals surface area contributed by atoms with Crippen LogP contribution in [0.2, 0.25) is 0 Å². The summed E-state index contributed by atoms with van der Waals surface area (Å²) in [6.07, 6.45) is 12.9. The first-order valence-electron chi connectivity index (χ1n) is 8.20. The minimum absolute atomic E-state index is 0.834. The van der Waals surface area contributed by atoms with Gasteiger partial charge in [-0.2, -0.15) is 0 Å². The fraction of sp³-hybridized carbons (Fsp3) is 1.00. The molecule has 0 radical (unpaired) electrons. The van der Waals surface area contributed by atoms with Crippen molar-refractivity contribution in [1.29, 1.82) is 0 Å². The molecule has 3 aliphatic rings. The number of piperidine rings is 1. The third kappa shape index (κ3) is 2.75. The van der Waals surface area contributed by atoms with Crippen LogP contribution in [0.3, 0.4) is 0 Å². The highest BCUT2D eigenvalue weighted by molar-refractivity contribution is 4.96. The molecule has 2 bridgehead atoms. The average molecular weight is 250 g/mol. The highest BCUT2D eigenvalue weighted by Crippen LogP contribution is 2.33. The molecular formula is C16H30N2. The molecule has 18 heavy (non-hydrogen) atoms. The van der Waals surface area contributed by atoms with E-state index in [1.807, 2.05) is 0 Å². The monoisotopic (exact) mass is 250 g/mol. The molecule has 3 rings (SSSR count). The van der Waals surface area contributed by atoms with E-state index < -0.39 is 0 Å². The van der Waals surface area contributed by atoms with Gasteiger partial charge in [-0.1, -0.05) is 19.8 Å². The Balaban J connectivity index is 1.58. The fourth-order valence-corrected chi connectivity index (χ4v) is 4.53. The molecule has 2 aliphatic heterocycles. The molecular weight excluding hydrogens is 220 g/mol. The van der Waals surface area contributed by atoms with Gasteiger partial charge < -0.3 is 10.2 Å². The van der Waals surface area contributed by atoms with Crippen molar-refractivity contribution in [3.05, 3.63) is 0 Å². The number of nitrogens with one attached hydrogen (secondary N) is 1. The smallest absolute Gasteiger partial charge is 0.0125 e. The molecule has 2 heterocycles. The molecule has 104 valence electrons. The van der Waals surface area contributed by atoms with Crippen LogP contribution in [0.15, 0.2) is 0 Å². The fourth-order valence-electron chi connectivity index (χ4n) is 4.53. The third-order valence-electron chi connectivity index (χ3n) is 5.83. The summed E-state index contributed by atoms with van der Waals surface area (Å²) >= 11 is 0. The normalized spacial score (nSPS) is 45.2. The molecule has 0 aromatic carbocycles. The third-order valence-corrected chi connectivity index (χ3v) is 5.83. The molecule has 2 nitrogen and oxygen atoms in total. The minimum Gasteiger partial charge on any atom is -0.311 e. The number of hydrogen-bond acceptors (Lipinski definition) is 2. The summed E-state index contributed by atoms with van der Waals surface area (Å²) in [6, 6.07) is 3.40. The summed E-state index contributed by atoms with van der Waals surface area (Å²) in [7, 11) is 2.41. The topological polar surface area (TPSA) is 15.3 Å². The zero-order chi connectivity index (χ0) is 12.5. The number of nitrogens with zero attached hydrogens (tertiary/aromatic N) is 1. The Morgan fingerprint density at radius 1 is 0.833 bits per heavy atom. The lowest BCUT2D eigenvalue weighted by Gasteiger charge is -2.40. The molecule has 2 heteroatoms. The molecule has 3 fully saturated rings. The van der Waals surface area contributed by atoms with Crippen molar-refractivity contribution in [2.24, 2.45) is 5.92 Å². The second kappa shape index (κ2) is 5.50. The quantitative estimate of drug-likeness (QED) is 0.757. The van der Waals surface area contributed by atoms with E-state index in [9.17, 15) is 0 Å². The van der Waals surface area contributed by atoms with Gasteiger partial charge in [0.2, 0.25) is 0 Å². The first-order chi connectivity index (χ1) is 8.72. The van der Waals surface area contributed by atoms with Crippen LogP contribution < -0.4 is 5.32 Å². The molecule has 1 aliphatic carbocycles. The Bertz CT molecular complexity index is 266. The van der Waals surface area contributed by atoms with Crippen LogP contribution in [-0.4, -0.2) is 36.1 Å². The van der Waals surface area contributed by atoms with Gasteiger partial charge >= 0.3 is 0 Å². The zero-order valence-electron chi connectivity index (χ0n) is 12.2. The highest BCUT2D eigenvalue weighted by Gasteiger charge is 2.36. The molecule has 4 unspecified atom stereocenters. The van der Waals surface area contributed by atoms with Gasteiger partial charge in [-0.15, -0.1) is 0 Å². The molecule has 0 spiro atoms. The first-order valence-corrected chi connectivity index (χ1v) is 8.20. The second-order valence-electron chi connectivity index (χ2n) is 7.20. The second-order valence-corrected chi connectivity index (χ2v) is 7.20. The zero-order valence-corrected chi connectivity index (χ0v) is 12.2. The van der Waals surface area contributed by atoms with Gasteiger partial charge in [0.1, 0.15) is 0 Å². The van der Waals surface area contributed by atoms with Gasteiger partial charge in [0, 0.05) is 24.2 Å². The Morgan fingerprint density at radius 2 is 1.56 bits per heavy atom. The number of fused-ring (bicyclic) bond motifs is 2. The van der Waals surface area contributed by atoms with E-state index in [-0.39, 0.29) is 0 Å². The lowest BCUT2D eigenvalue weighted by molar-refractivity contribution is 0.114. The first kappa shape index (κ1) is 12.9. The summed E-state index contributed by atoms with van der Waals surface area (Å²) in [5.74, 6) is 0.965. The lowest BCUT2D eigenvalue weighted by atomic mass is 9.95. The maximum absolute atomic E-state index is 3.77. The summed E-state index contributed by atoms with van der Waals surface area (Å²) in [4.78, 5) is 2.77. The predicted molar refractivity (Wildman–Crippen MR) is 76.8 cm³/mol. The predicted octanol–water partition coefficient (Wildman–Crippen LogP) is 3.17. The van der Waals surface area contributed by atoms with Crippen LogP contribution >= 0.6 is 0 Å². The van der Waals surface area contributed by atoms with Gasteiger partial charge in [0.15, 0.2) is 0 Å². The largest absolute Gasteiger partial charge is 0.311 e. The summed E-state index contributed by atoms with van der Waals surface area (Å²) in [5, 5.41) is 3.77. The van der Waals surface area contributed by atoms with Crippen molar-refractivity contribution in [2.75, 3.05) is 7.05 Å². The van der Waals surface area contributed by atoms with Gasteiger partial charge in [0.05, 0.1) is 0 Å². The van der Waals surface area contributed by atoms with Crippen LogP contribution in [0.25, 0.3) is 0 Å². The van der Waals surface area contributed by atoms with Gasteiger partial charge in [-0.05, 0) is 57.9 Å². The van der Waals surface area contributed by atoms with E-state index in [4.69, 9.17) is 0 Å². The molecule has 1 N–H and O–H groups in total. The Morgan fingerprint density at radius 3 is 2.28 bits per heavy atom. The summed E-state index contributed by atoms with van der Waals surface area (Å²) < 4.78 is 0. The minimum atomic E-state index is 0.834. The number of hydrogen-bond donors (Lipinski definition) is 1. The van der Waals surface area contributed by atoms with Gasteiger partial charge in [0.25, 0.3) is 0 Å². The molecule has 0 aromatic heterocycles. The van der Waals surface area contributed by atoms with Gasteiger partial charge in [-0.25, -0.2) is 0 Å². The van der Waals surface area contributed by atoms with Crippen LogP contribution in [0.1, 0.15) is 64.7 Å².